The van der Waals surface area contributed by atoms with E-state index in [2.05, 4.69) is 5.32 Å². The minimum absolute atomic E-state index is 0.0418. The molecule has 0 unspecified atom stereocenters. The lowest BCUT2D eigenvalue weighted by atomic mass is 10.0. The van der Waals surface area contributed by atoms with Crippen LogP contribution in [-0.4, -0.2) is 22.9 Å². The minimum atomic E-state index is -0.443. The standard InChI is InChI=1S/C13H19N3O3/c1-13(2,9-14)15-12(17)7-6-10-4-3-5-11(8-10)16(18)19/h3-5,8H,6-7,9,14H2,1-2H3,(H,15,17). The summed E-state index contributed by atoms with van der Waals surface area (Å²) in [5, 5.41) is 13.4. The van der Waals surface area contributed by atoms with Crippen molar-refractivity contribution in [3.05, 3.63) is 39.9 Å². The van der Waals surface area contributed by atoms with E-state index in [0.717, 1.165) is 5.56 Å². The zero-order valence-electron chi connectivity index (χ0n) is 11.2. The highest BCUT2D eigenvalue weighted by molar-refractivity contribution is 5.77. The monoisotopic (exact) mass is 265 g/mol. The van der Waals surface area contributed by atoms with Gasteiger partial charge in [0, 0.05) is 30.6 Å². The van der Waals surface area contributed by atoms with Crippen LogP contribution in [0.1, 0.15) is 25.8 Å². The van der Waals surface area contributed by atoms with Crippen molar-refractivity contribution in [1.82, 2.24) is 5.32 Å². The second-order valence-electron chi connectivity index (χ2n) is 5.06. The summed E-state index contributed by atoms with van der Waals surface area (Å²) in [6.45, 7) is 4.05. The van der Waals surface area contributed by atoms with E-state index in [9.17, 15) is 14.9 Å². The van der Waals surface area contributed by atoms with Gasteiger partial charge in [-0.2, -0.15) is 0 Å². The fourth-order valence-electron chi connectivity index (χ4n) is 1.57. The van der Waals surface area contributed by atoms with Crippen molar-refractivity contribution >= 4 is 11.6 Å². The van der Waals surface area contributed by atoms with E-state index in [-0.39, 0.29) is 18.0 Å². The van der Waals surface area contributed by atoms with Crippen LogP contribution in [0.3, 0.4) is 0 Å². The van der Waals surface area contributed by atoms with E-state index < -0.39 is 10.5 Å². The Morgan fingerprint density at radius 1 is 1.47 bits per heavy atom. The van der Waals surface area contributed by atoms with E-state index in [1.54, 1.807) is 12.1 Å². The number of benzene rings is 1. The first-order valence-electron chi connectivity index (χ1n) is 6.08. The highest BCUT2D eigenvalue weighted by Crippen LogP contribution is 2.14. The van der Waals surface area contributed by atoms with Crippen molar-refractivity contribution in [2.24, 2.45) is 5.73 Å². The molecule has 0 saturated heterocycles. The third kappa shape index (κ3) is 5.05. The molecule has 104 valence electrons. The average molecular weight is 265 g/mol. The number of non-ortho nitro benzene ring substituents is 1. The van der Waals surface area contributed by atoms with E-state index in [4.69, 9.17) is 5.73 Å². The Bertz CT molecular complexity index is 472. The van der Waals surface area contributed by atoms with Crippen molar-refractivity contribution in [3.63, 3.8) is 0 Å². The van der Waals surface area contributed by atoms with Gasteiger partial charge < -0.3 is 11.1 Å². The van der Waals surface area contributed by atoms with Gasteiger partial charge in [0.15, 0.2) is 0 Å². The highest BCUT2D eigenvalue weighted by atomic mass is 16.6. The lowest BCUT2D eigenvalue weighted by molar-refractivity contribution is -0.384. The maximum Gasteiger partial charge on any atom is 0.269 e. The summed E-state index contributed by atoms with van der Waals surface area (Å²) in [6, 6.07) is 6.31. The predicted octanol–water partition coefficient (Wildman–Crippen LogP) is 1.38. The summed E-state index contributed by atoms with van der Waals surface area (Å²) < 4.78 is 0. The lowest BCUT2D eigenvalue weighted by Crippen LogP contribution is -2.48. The van der Waals surface area contributed by atoms with Crippen LogP contribution >= 0.6 is 0 Å². The number of carbonyl (C=O) groups excluding carboxylic acids is 1. The van der Waals surface area contributed by atoms with Crippen LogP contribution in [0.25, 0.3) is 0 Å². The fraction of sp³-hybridized carbons (Fsp3) is 0.462. The topological polar surface area (TPSA) is 98.3 Å². The first-order valence-corrected chi connectivity index (χ1v) is 6.08. The number of aryl methyl sites for hydroxylation is 1. The Labute approximate surface area is 112 Å². The average Bonchev–Trinajstić information content (AvgIpc) is 2.36. The second-order valence-corrected chi connectivity index (χ2v) is 5.06. The van der Waals surface area contributed by atoms with Crippen molar-refractivity contribution in [3.8, 4) is 0 Å². The summed E-state index contributed by atoms with van der Waals surface area (Å²) in [5.41, 5.74) is 5.91. The fourth-order valence-corrected chi connectivity index (χ4v) is 1.57. The largest absolute Gasteiger partial charge is 0.350 e. The molecule has 19 heavy (non-hydrogen) atoms. The molecule has 0 bridgehead atoms. The van der Waals surface area contributed by atoms with Gasteiger partial charge >= 0.3 is 0 Å². The van der Waals surface area contributed by atoms with Crippen LogP contribution in [0.5, 0.6) is 0 Å². The number of nitro benzene ring substituents is 1. The summed E-state index contributed by atoms with van der Waals surface area (Å²) >= 11 is 0. The number of carbonyl (C=O) groups is 1. The van der Waals surface area contributed by atoms with Crippen LogP contribution in [-0.2, 0) is 11.2 Å². The number of nitrogens with zero attached hydrogens (tertiary/aromatic N) is 1. The molecule has 0 aliphatic carbocycles. The molecule has 0 saturated carbocycles. The molecule has 0 radical (unpaired) electrons. The molecule has 0 spiro atoms. The number of amides is 1. The molecule has 1 aromatic carbocycles. The molecule has 3 N–H and O–H groups in total. The summed E-state index contributed by atoms with van der Waals surface area (Å²) in [6.07, 6.45) is 0.749. The molecular weight excluding hydrogens is 246 g/mol. The molecule has 0 atom stereocenters. The second kappa shape index (κ2) is 6.29. The number of nitrogens with two attached hydrogens (primary N) is 1. The zero-order chi connectivity index (χ0) is 14.5. The number of nitro groups is 1. The van der Waals surface area contributed by atoms with Gasteiger partial charge in [0.25, 0.3) is 5.69 Å². The molecule has 0 aliphatic heterocycles. The van der Waals surface area contributed by atoms with Gasteiger partial charge in [-0.25, -0.2) is 0 Å². The number of hydrogen-bond donors (Lipinski definition) is 2. The molecule has 0 aliphatic rings. The minimum Gasteiger partial charge on any atom is -0.350 e. The molecule has 1 rings (SSSR count). The SMILES string of the molecule is CC(C)(CN)NC(=O)CCc1cccc([N+](=O)[O-])c1. The molecule has 0 fully saturated rings. The van der Waals surface area contributed by atoms with Crippen LogP contribution in [0.2, 0.25) is 0 Å². The van der Waals surface area contributed by atoms with Gasteiger partial charge in [0.2, 0.25) is 5.91 Å². The number of rotatable bonds is 6. The normalized spacial score (nSPS) is 11.1. The Hall–Kier alpha value is -1.95. The summed E-state index contributed by atoms with van der Waals surface area (Å²) in [4.78, 5) is 21.9. The summed E-state index contributed by atoms with van der Waals surface area (Å²) in [5.74, 6) is -0.109. The maximum atomic E-state index is 11.7. The third-order valence-corrected chi connectivity index (χ3v) is 2.75. The predicted molar refractivity (Wildman–Crippen MR) is 72.7 cm³/mol. The number of nitrogens with one attached hydrogen (secondary N) is 1. The highest BCUT2D eigenvalue weighted by Gasteiger charge is 2.18. The molecule has 6 heteroatoms. The first kappa shape index (κ1) is 15.1. The van der Waals surface area contributed by atoms with E-state index in [1.165, 1.54) is 12.1 Å². The van der Waals surface area contributed by atoms with E-state index in [1.807, 2.05) is 13.8 Å². The molecule has 0 heterocycles. The maximum absolute atomic E-state index is 11.7. The molecule has 1 amide bonds. The quantitative estimate of drug-likeness (QED) is 0.599. The third-order valence-electron chi connectivity index (χ3n) is 2.75. The van der Waals surface area contributed by atoms with E-state index in [0.29, 0.717) is 13.0 Å². The molecule has 6 nitrogen and oxygen atoms in total. The Balaban J connectivity index is 2.55. The van der Waals surface area contributed by atoms with Crippen LogP contribution < -0.4 is 11.1 Å². The van der Waals surface area contributed by atoms with Gasteiger partial charge in [-0.1, -0.05) is 12.1 Å². The Morgan fingerprint density at radius 3 is 2.74 bits per heavy atom. The van der Waals surface area contributed by atoms with Gasteiger partial charge in [0.05, 0.1) is 4.92 Å². The smallest absolute Gasteiger partial charge is 0.269 e. The van der Waals surface area contributed by atoms with Crippen molar-refractivity contribution < 1.29 is 9.72 Å². The molecule has 0 aromatic heterocycles. The van der Waals surface area contributed by atoms with Gasteiger partial charge in [0.1, 0.15) is 0 Å². The van der Waals surface area contributed by atoms with Gasteiger partial charge in [-0.15, -0.1) is 0 Å². The Morgan fingerprint density at radius 2 is 2.16 bits per heavy atom. The van der Waals surface area contributed by atoms with Crippen molar-refractivity contribution in [2.45, 2.75) is 32.2 Å². The van der Waals surface area contributed by atoms with Gasteiger partial charge in [-0.3, -0.25) is 14.9 Å². The van der Waals surface area contributed by atoms with Gasteiger partial charge in [-0.05, 0) is 25.8 Å². The van der Waals surface area contributed by atoms with E-state index >= 15 is 0 Å². The first-order chi connectivity index (χ1) is 8.84. The van der Waals surface area contributed by atoms with Crippen LogP contribution in [0.4, 0.5) is 5.69 Å². The molecule has 1 aromatic rings. The Kier molecular flexibility index (Phi) is 5.00. The van der Waals surface area contributed by atoms with Crippen molar-refractivity contribution in [2.75, 3.05) is 6.54 Å². The number of hydrogen-bond acceptors (Lipinski definition) is 4. The lowest BCUT2D eigenvalue weighted by Gasteiger charge is -2.24. The van der Waals surface area contributed by atoms with Crippen molar-refractivity contribution in [1.29, 1.82) is 0 Å². The van der Waals surface area contributed by atoms with Crippen LogP contribution in [0.15, 0.2) is 24.3 Å². The molecular formula is C13H19N3O3. The van der Waals surface area contributed by atoms with Crippen LogP contribution in [0, 0.1) is 10.1 Å². The zero-order valence-corrected chi connectivity index (χ0v) is 11.2. The summed E-state index contributed by atoms with van der Waals surface area (Å²) in [7, 11) is 0.